The standard InChI is InChI=1S/C16H29N3O4.HI/c1-5-17-16(18-10-12(3)14(20)22-4)19-9-7-8-13(11-19)15(21)23-6-2;/h12-13H,5-11H2,1-4H3,(H,17,18);1H. The van der Waals surface area contributed by atoms with Gasteiger partial charge < -0.3 is 19.7 Å². The maximum atomic E-state index is 11.9. The Kier molecular flexibility index (Phi) is 11.8. The SMILES string of the molecule is CCNC(=NCC(C)C(=O)OC)N1CCCC(C(=O)OCC)C1.I. The van der Waals surface area contributed by atoms with Crippen molar-refractivity contribution in [1.82, 2.24) is 10.2 Å². The summed E-state index contributed by atoms with van der Waals surface area (Å²) in [5.41, 5.74) is 0. The van der Waals surface area contributed by atoms with Crippen molar-refractivity contribution in [2.75, 3.05) is 39.9 Å². The quantitative estimate of drug-likeness (QED) is 0.284. The fraction of sp³-hybridized carbons (Fsp3) is 0.812. The smallest absolute Gasteiger partial charge is 0.310 e. The summed E-state index contributed by atoms with van der Waals surface area (Å²) in [6.45, 7) is 8.52. The van der Waals surface area contributed by atoms with E-state index in [1.54, 1.807) is 6.92 Å². The first-order valence-corrected chi connectivity index (χ1v) is 8.31. The molecule has 0 bridgehead atoms. The van der Waals surface area contributed by atoms with Gasteiger partial charge in [-0.05, 0) is 26.7 Å². The van der Waals surface area contributed by atoms with Crippen LogP contribution < -0.4 is 5.32 Å². The lowest BCUT2D eigenvalue weighted by atomic mass is 9.98. The Morgan fingerprint density at radius 1 is 1.38 bits per heavy atom. The molecule has 0 amide bonds. The molecule has 140 valence electrons. The van der Waals surface area contributed by atoms with Crippen LogP contribution in [-0.4, -0.2) is 62.7 Å². The summed E-state index contributed by atoms with van der Waals surface area (Å²) in [5, 5.41) is 3.23. The van der Waals surface area contributed by atoms with Crippen molar-refractivity contribution in [3.63, 3.8) is 0 Å². The second kappa shape index (κ2) is 12.3. The Morgan fingerprint density at radius 3 is 2.67 bits per heavy atom. The van der Waals surface area contributed by atoms with Gasteiger partial charge in [-0.25, -0.2) is 0 Å². The Balaban J connectivity index is 0.00000529. The first-order chi connectivity index (χ1) is 11.0. The molecule has 7 nitrogen and oxygen atoms in total. The molecule has 1 aliphatic heterocycles. The third-order valence-electron chi connectivity index (χ3n) is 3.79. The molecule has 8 heteroatoms. The number of carbonyl (C=O) groups is 2. The Bertz CT molecular complexity index is 432. The lowest BCUT2D eigenvalue weighted by molar-refractivity contribution is -0.149. The summed E-state index contributed by atoms with van der Waals surface area (Å²) in [7, 11) is 1.38. The van der Waals surface area contributed by atoms with E-state index in [1.165, 1.54) is 7.11 Å². The van der Waals surface area contributed by atoms with Crippen molar-refractivity contribution >= 4 is 41.9 Å². The Labute approximate surface area is 161 Å². The zero-order valence-corrected chi connectivity index (χ0v) is 17.4. The fourth-order valence-electron chi connectivity index (χ4n) is 2.55. The number of ether oxygens (including phenoxy) is 2. The molecule has 0 aromatic rings. The van der Waals surface area contributed by atoms with Gasteiger partial charge in [0.2, 0.25) is 0 Å². The Hall–Kier alpha value is -1.06. The summed E-state index contributed by atoms with van der Waals surface area (Å²) in [4.78, 5) is 30.0. The lowest BCUT2D eigenvalue weighted by Gasteiger charge is -2.34. The van der Waals surface area contributed by atoms with Gasteiger partial charge in [0.1, 0.15) is 0 Å². The van der Waals surface area contributed by atoms with Crippen LogP contribution in [0.4, 0.5) is 0 Å². The highest BCUT2D eigenvalue weighted by Gasteiger charge is 2.28. The van der Waals surface area contributed by atoms with E-state index in [9.17, 15) is 9.59 Å². The van der Waals surface area contributed by atoms with E-state index in [-0.39, 0.29) is 47.8 Å². The van der Waals surface area contributed by atoms with Gasteiger partial charge in [0, 0.05) is 19.6 Å². The number of methoxy groups -OCH3 is 1. The third-order valence-corrected chi connectivity index (χ3v) is 3.79. The van der Waals surface area contributed by atoms with Crippen LogP contribution >= 0.6 is 24.0 Å². The summed E-state index contributed by atoms with van der Waals surface area (Å²) < 4.78 is 9.85. The van der Waals surface area contributed by atoms with E-state index in [1.807, 2.05) is 13.8 Å². The molecule has 1 fully saturated rings. The van der Waals surface area contributed by atoms with Crippen LogP contribution in [0.1, 0.15) is 33.6 Å². The number of esters is 2. The molecule has 1 heterocycles. The second-order valence-corrected chi connectivity index (χ2v) is 5.66. The van der Waals surface area contributed by atoms with Gasteiger partial charge >= 0.3 is 11.9 Å². The average Bonchev–Trinajstić information content (AvgIpc) is 2.57. The third kappa shape index (κ3) is 7.23. The van der Waals surface area contributed by atoms with Crippen LogP contribution in [0.2, 0.25) is 0 Å². The summed E-state index contributed by atoms with van der Waals surface area (Å²) in [6.07, 6.45) is 1.76. The average molecular weight is 455 g/mol. The van der Waals surface area contributed by atoms with Crippen molar-refractivity contribution in [3.8, 4) is 0 Å². The molecular formula is C16H30IN3O4. The minimum Gasteiger partial charge on any atom is -0.469 e. The van der Waals surface area contributed by atoms with E-state index in [0.717, 1.165) is 31.9 Å². The van der Waals surface area contributed by atoms with Gasteiger partial charge in [0.25, 0.3) is 0 Å². The van der Waals surface area contributed by atoms with Crippen molar-refractivity contribution in [2.24, 2.45) is 16.8 Å². The highest BCUT2D eigenvalue weighted by molar-refractivity contribution is 14.0. The highest BCUT2D eigenvalue weighted by atomic mass is 127. The van der Waals surface area contributed by atoms with Crippen molar-refractivity contribution in [1.29, 1.82) is 0 Å². The maximum absolute atomic E-state index is 11.9. The van der Waals surface area contributed by atoms with E-state index in [2.05, 4.69) is 15.2 Å². The van der Waals surface area contributed by atoms with Crippen LogP contribution in [0.5, 0.6) is 0 Å². The predicted molar refractivity (Wildman–Crippen MR) is 104 cm³/mol. The minimum atomic E-state index is -0.292. The molecule has 0 radical (unpaired) electrons. The number of nitrogens with zero attached hydrogens (tertiary/aromatic N) is 2. The number of halogens is 1. The zero-order chi connectivity index (χ0) is 17.2. The molecule has 0 aromatic heterocycles. The van der Waals surface area contributed by atoms with E-state index < -0.39 is 0 Å². The summed E-state index contributed by atoms with van der Waals surface area (Å²) in [5.74, 6) is -0.0919. The number of carbonyl (C=O) groups excluding carboxylic acids is 2. The first-order valence-electron chi connectivity index (χ1n) is 8.31. The second-order valence-electron chi connectivity index (χ2n) is 5.66. The van der Waals surface area contributed by atoms with E-state index in [0.29, 0.717) is 19.7 Å². The number of likely N-dealkylation sites (tertiary alicyclic amines) is 1. The number of hydrogen-bond donors (Lipinski definition) is 1. The molecule has 0 aromatic carbocycles. The highest BCUT2D eigenvalue weighted by Crippen LogP contribution is 2.18. The molecule has 0 saturated carbocycles. The number of guanidine groups is 1. The number of hydrogen-bond acceptors (Lipinski definition) is 5. The fourth-order valence-corrected chi connectivity index (χ4v) is 2.55. The number of nitrogens with one attached hydrogen (secondary N) is 1. The normalized spacial score (nSPS) is 19.1. The van der Waals surface area contributed by atoms with Gasteiger partial charge in [-0.15, -0.1) is 24.0 Å². The minimum absolute atomic E-state index is 0. The van der Waals surface area contributed by atoms with Crippen LogP contribution in [0, 0.1) is 11.8 Å². The summed E-state index contributed by atoms with van der Waals surface area (Å²) in [6, 6.07) is 0. The molecular weight excluding hydrogens is 425 g/mol. The van der Waals surface area contributed by atoms with Crippen LogP contribution in [-0.2, 0) is 19.1 Å². The van der Waals surface area contributed by atoms with Crippen molar-refractivity contribution in [3.05, 3.63) is 0 Å². The largest absolute Gasteiger partial charge is 0.469 e. The number of rotatable bonds is 6. The molecule has 2 unspecified atom stereocenters. The zero-order valence-electron chi connectivity index (χ0n) is 15.0. The molecule has 1 aliphatic rings. The number of aliphatic imine (C=N–C) groups is 1. The van der Waals surface area contributed by atoms with Gasteiger partial charge in [0.05, 0.1) is 32.1 Å². The van der Waals surface area contributed by atoms with Gasteiger partial charge in [-0.1, -0.05) is 6.92 Å². The maximum Gasteiger partial charge on any atom is 0.310 e. The van der Waals surface area contributed by atoms with E-state index >= 15 is 0 Å². The molecule has 1 N–H and O–H groups in total. The monoisotopic (exact) mass is 455 g/mol. The molecule has 1 rings (SSSR count). The van der Waals surface area contributed by atoms with Crippen LogP contribution in [0.3, 0.4) is 0 Å². The molecule has 2 atom stereocenters. The Morgan fingerprint density at radius 2 is 2.08 bits per heavy atom. The van der Waals surface area contributed by atoms with Gasteiger partial charge in [-0.3, -0.25) is 14.6 Å². The summed E-state index contributed by atoms with van der Waals surface area (Å²) >= 11 is 0. The molecule has 1 saturated heterocycles. The topological polar surface area (TPSA) is 80.2 Å². The van der Waals surface area contributed by atoms with Crippen molar-refractivity contribution < 1.29 is 19.1 Å². The van der Waals surface area contributed by atoms with Crippen LogP contribution in [0.15, 0.2) is 4.99 Å². The first kappa shape index (κ1) is 22.9. The van der Waals surface area contributed by atoms with E-state index in [4.69, 9.17) is 9.47 Å². The lowest BCUT2D eigenvalue weighted by Crippen LogP contribution is -2.48. The van der Waals surface area contributed by atoms with Gasteiger partial charge in [-0.2, -0.15) is 0 Å². The van der Waals surface area contributed by atoms with Crippen LogP contribution in [0.25, 0.3) is 0 Å². The molecule has 24 heavy (non-hydrogen) atoms. The number of piperidine rings is 1. The van der Waals surface area contributed by atoms with Gasteiger partial charge in [0.15, 0.2) is 5.96 Å². The predicted octanol–water partition coefficient (Wildman–Crippen LogP) is 1.65. The molecule has 0 spiro atoms. The van der Waals surface area contributed by atoms with Crippen molar-refractivity contribution in [2.45, 2.75) is 33.6 Å². The molecule has 0 aliphatic carbocycles.